The van der Waals surface area contributed by atoms with Crippen molar-refractivity contribution in [1.82, 2.24) is 4.57 Å². The average molecular weight is 297 g/mol. The number of hydrogen-bond acceptors (Lipinski definition) is 0. The SMILES string of the molecule is Cc1ccc(C)n1-c1ccc(I)cc1. The van der Waals surface area contributed by atoms with Crippen molar-refractivity contribution in [3.63, 3.8) is 0 Å². The first-order chi connectivity index (χ1) is 6.68. The lowest BCUT2D eigenvalue weighted by Gasteiger charge is -2.08. The Morgan fingerprint density at radius 2 is 1.36 bits per heavy atom. The Morgan fingerprint density at radius 3 is 1.86 bits per heavy atom. The first-order valence-corrected chi connectivity index (χ1v) is 5.67. The van der Waals surface area contributed by atoms with E-state index in [1.54, 1.807) is 0 Å². The Balaban J connectivity index is 2.54. The molecule has 1 aromatic heterocycles. The Bertz CT molecular complexity index is 420. The van der Waals surface area contributed by atoms with Gasteiger partial charge in [-0.05, 0) is 72.8 Å². The number of halogens is 1. The predicted molar refractivity (Wildman–Crippen MR) is 68.0 cm³/mol. The van der Waals surface area contributed by atoms with E-state index in [9.17, 15) is 0 Å². The summed E-state index contributed by atoms with van der Waals surface area (Å²) >= 11 is 2.32. The summed E-state index contributed by atoms with van der Waals surface area (Å²) in [6.45, 7) is 4.26. The fourth-order valence-corrected chi connectivity index (χ4v) is 2.03. The van der Waals surface area contributed by atoms with E-state index in [-0.39, 0.29) is 0 Å². The second-order valence-electron chi connectivity index (χ2n) is 3.43. The molecule has 1 heterocycles. The standard InChI is InChI=1S/C12H12IN/c1-9-3-4-10(2)14(9)12-7-5-11(13)6-8-12/h3-8H,1-2H3. The van der Waals surface area contributed by atoms with Gasteiger partial charge in [0, 0.05) is 20.6 Å². The highest BCUT2D eigenvalue weighted by molar-refractivity contribution is 14.1. The van der Waals surface area contributed by atoms with Crippen molar-refractivity contribution in [3.8, 4) is 5.69 Å². The van der Waals surface area contributed by atoms with E-state index in [2.05, 4.69) is 77.4 Å². The fraction of sp³-hybridized carbons (Fsp3) is 0.167. The maximum absolute atomic E-state index is 2.32. The van der Waals surface area contributed by atoms with Gasteiger partial charge in [-0.25, -0.2) is 0 Å². The van der Waals surface area contributed by atoms with E-state index in [4.69, 9.17) is 0 Å². The van der Waals surface area contributed by atoms with Gasteiger partial charge in [-0.1, -0.05) is 0 Å². The third-order valence-corrected chi connectivity index (χ3v) is 3.08. The summed E-state index contributed by atoms with van der Waals surface area (Å²) < 4.78 is 3.53. The lowest BCUT2D eigenvalue weighted by molar-refractivity contribution is 0.965. The number of hydrogen-bond donors (Lipinski definition) is 0. The largest absolute Gasteiger partial charge is 0.319 e. The van der Waals surface area contributed by atoms with E-state index in [1.165, 1.54) is 20.6 Å². The molecule has 72 valence electrons. The van der Waals surface area contributed by atoms with E-state index in [0.717, 1.165) is 0 Å². The van der Waals surface area contributed by atoms with Crippen molar-refractivity contribution in [2.75, 3.05) is 0 Å². The van der Waals surface area contributed by atoms with Crippen LogP contribution in [0.1, 0.15) is 11.4 Å². The summed E-state index contributed by atoms with van der Waals surface area (Å²) in [5, 5.41) is 0. The molecule has 1 nitrogen and oxygen atoms in total. The molecule has 0 saturated carbocycles. The maximum atomic E-state index is 2.32. The van der Waals surface area contributed by atoms with Gasteiger partial charge in [0.2, 0.25) is 0 Å². The number of aryl methyl sites for hydroxylation is 2. The Hall–Kier alpha value is -0.770. The molecule has 0 fully saturated rings. The van der Waals surface area contributed by atoms with Crippen LogP contribution in [0, 0.1) is 17.4 Å². The smallest absolute Gasteiger partial charge is 0.0455 e. The van der Waals surface area contributed by atoms with Crippen molar-refractivity contribution < 1.29 is 0 Å². The lowest BCUT2D eigenvalue weighted by atomic mass is 10.3. The third-order valence-electron chi connectivity index (χ3n) is 2.36. The van der Waals surface area contributed by atoms with Crippen LogP contribution < -0.4 is 0 Å². The van der Waals surface area contributed by atoms with Gasteiger partial charge >= 0.3 is 0 Å². The second-order valence-corrected chi connectivity index (χ2v) is 4.67. The van der Waals surface area contributed by atoms with Crippen LogP contribution in [0.25, 0.3) is 5.69 Å². The van der Waals surface area contributed by atoms with Crippen LogP contribution in [0.5, 0.6) is 0 Å². The van der Waals surface area contributed by atoms with Gasteiger partial charge in [0.25, 0.3) is 0 Å². The molecule has 14 heavy (non-hydrogen) atoms. The van der Waals surface area contributed by atoms with Crippen molar-refractivity contribution in [2.24, 2.45) is 0 Å². The molecule has 2 aromatic rings. The zero-order valence-corrected chi connectivity index (χ0v) is 10.4. The van der Waals surface area contributed by atoms with E-state index in [1.807, 2.05) is 0 Å². The Kier molecular flexibility index (Phi) is 2.63. The molecule has 0 spiro atoms. The molecule has 2 heteroatoms. The van der Waals surface area contributed by atoms with Gasteiger partial charge in [0.1, 0.15) is 0 Å². The highest BCUT2D eigenvalue weighted by Gasteiger charge is 2.02. The average Bonchev–Trinajstić information content (AvgIpc) is 2.49. The number of aromatic nitrogens is 1. The van der Waals surface area contributed by atoms with Crippen molar-refractivity contribution in [3.05, 3.63) is 51.4 Å². The fourth-order valence-electron chi connectivity index (χ4n) is 1.67. The third kappa shape index (κ3) is 1.71. The van der Waals surface area contributed by atoms with Crippen LogP contribution in [-0.4, -0.2) is 4.57 Å². The molecule has 0 N–H and O–H groups in total. The minimum Gasteiger partial charge on any atom is -0.319 e. The summed E-state index contributed by atoms with van der Waals surface area (Å²) in [5.74, 6) is 0. The maximum Gasteiger partial charge on any atom is 0.0455 e. The summed E-state index contributed by atoms with van der Waals surface area (Å²) in [4.78, 5) is 0. The minimum atomic E-state index is 1.24. The molecule has 2 rings (SSSR count). The predicted octanol–water partition coefficient (Wildman–Crippen LogP) is 3.70. The van der Waals surface area contributed by atoms with Gasteiger partial charge in [-0.3, -0.25) is 0 Å². The molecule has 0 saturated heterocycles. The molecule has 1 aromatic carbocycles. The molecular formula is C12H12IN. The van der Waals surface area contributed by atoms with Crippen LogP contribution in [0.2, 0.25) is 0 Å². The molecule has 0 unspecified atom stereocenters. The first kappa shape index (κ1) is 9.77. The van der Waals surface area contributed by atoms with Crippen molar-refractivity contribution >= 4 is 22.6 Å². The molecule has 0 aliphatic heterocycles. The van der Waals surface area contributed by atoms with E-state index < -0.39 is 0 Å². The van der Waals surface area contributed by atoms with Crippen LogP contribution in [0.15, 0.2) is 36.4 Å². The molecule has 0 aliphatic rings. The molecular weight excluding hydrogens is 285 g/mol. The normalized spacial score (nSPS) is 10.5. The van der Waals surface area contributed by atoms with E-state index in [0.29, 0.717) is 0 Å². The van der Waals surface area contributed by atoms with Gasteiger partial charge in [0.05, 0.1) is 0 Å². The number of rotatable bonds is 1. The Morgan fingerprint density at radius 1 is 0.857 bits per heavy atom. The molecule has 0 amide bonds. The molecule has 0 radical (unpaired) electrons. The second kappa shape index (κ2) is 3.77. The Labute approximate surface area is 97.9 Å². The molecule has 0 atom stereocenters. The number of benzene rings is 1. The van der Waals surface area contributed by atoms with Crippen LogP contribution in [0.3, 0.4) is 0 Å². The van der Waals surface area contributed by atoms with Crippen molar-refractivity contribution in [1.29, 1.82) is 0 Å². The van der Waals surface area contributed by atoms with Gasteiger partial charge in [-0.15, -0.1) is 0 Å². The lowest BCUT2D eigenvalue weighted by Crippen LogP contribution is -1.97. The summed E-state index contributed by atoms with van der Waals surface area (Å²) in [6, 6.07) is 12.9. The van der Waals surface area contributed by atoms with E-state index >= 15 is 0 Å². The summed E-state index contributed by atoms with van der Waals surface area (Å²) in [7, 11) is 0. The van der Waals surface area contributed by atoms with Crippen LogP contribution in [0.4, 0.5) is 0 Å². The molecule has 0 bridgehead atoms. The van der Waals surface area contributed by atoms with Gasteiger partial charge in [-0.2, -0.15) is 0 Å². The minimum absolute atomic E-state index is 1.24. The van der Waals surface area contributed by atoms with Crippen LogP contribution >= 0.6 is 22.6 Å². The molecule has 0 aliphatic carbocycles. The monoisotopic (exact) mass is 297 g/mol. The number of nitrogens with zero attached hydrogens (tertiary/aromatic N) is 1. The van der Waals surface area contributed by atoms with Gasteiger partial charge < -0.3 is 4.57 Å². The van der Waals surface area contributed by atoms with Crippen molar-refractivity contribution in [2.45, 2.75) is 13.8 Å². The first-order valence-electron chi connectivity index (χ1n) is 4.59. The topological polar surface area (TPSA) is 4.93 Å². The van der Waals surface area contributed by atoms with Gasteiger partial charge in [0.15, 0.2) is 0 Å². The quantitative estimate of drug-likeness (QED) is 0.707. The highest BCUT2D eigenvalue weighted by Crippen LogP contribution is 2.17. The zero-order valence-electron chi connectivity index (χ0n) is 8.29. The highest BCUT2D eigenvalue weighted by atomic mass is 127. The van der Waals surface area contributed by atoms with Crippen LogP contribution in [-0.2, 0) is 0 Å². The summed E-state index contributed by atoms with van der Waals surface area (Å²) in [6.07, 6.45) is 0. The zero-order chi connectivity index (χ0) is 10.1. The summed E-state index contributed by atoms with van der Waals surface area (Å²) in [5.41, 5.74) is 3.80.